The summed E-state index contributed by atoms with van der Waals surface area (Å²) in [5, 5.41) is 4.09. The van der Waals surface area contributed by atoms with E-state index in [0.717, 1.165) is 17.3 Å². The molecule has 1 saturated heterocycles. The second kappa shape index (κ2) is 7.50. The number of anilines is 2. The molecule has 3 aromatic rings. The molecule has 0 saturated carbocycles. The maximum atomic E-state index is 12.5. The lowest BCUT2D eigenvalue weighted by Gasteiger charge is -2.20. The Hall–Kier alpha value is -3.49. The van der Waals surface area contributed by atoms with Crippen molar-refractivity contribution in [2.24, 2.45) is 0 Å². The number of benzene rings is 1. The Bertz CT molecular complexity index is 1140. The first-order chi connectivity index (χ1) is 14.0. The summed E-state index contributed by atoms with van der Waals surface area (Å²) in [6.07, 6.45) is 0.259. The number of aromatic amines is 1. The highest BCUT2D eigenvalue weighted by Gasteiger charge is 2.35. The van der Waals surface area contributed by atoms with Crippen LogP contribution in [0.4, 0.5) is 16.7 Å². The number of nitrogens with one attached hydrogen (secondary N) is 2. The van der Waals surface area contributed by atoms with Gasteiger partial charge in [0, 0.05) is 13.9 Å². The van der Waals surface area contributed by atoms with Crippen molar-refractivity contribution in [2.45, 2.75) is 39.3 Å². The standard InChI is InChI=1S/C20H22N6O3.2H2/c1-4-14-10-29-20(28)26(14)19-23-12(3)22-18(25-19)21-11(2)15-9-13-7-5-6-8-16(13)24-17(15)27;;/h5-9,11,14H,4,10H2,1-3H3,(H,24,27)(H,21,22,23,25);2*1H/t11-,14+;;/m1../s1. The Morgan fingerprint density at radius 1 is 1.31 bits per heavy atom. The van der Waals surface area contributed by atoms with Gasteiger partial charge < -0.3 is 15.0 Å². The Kier molecular flexibility index (Phi) is 4.87. The van der Waals surface area contributed by atoms with E-state index in [4.69, 9.17) is 4.74 Å². The van der Waals surface area contributed by atoms with Gasteiger partial charge in [0.05, 0.1) is 12.1 Å². The fourth-order valence-corrected chi connectivity index (χ4v) is 3.40. The molecule has 9 nitrogen and oxygen atoms in total. The summed E-state index contributed by atoms with van der Waals surface area (Å²) in [7, 11) is 0. The van der Waals surface area contributed by atoms with Crippen LogP contribution in [0.2, 0.25) is 0 Å². The van der Waals surface area contributed by atoms with Crippen LogP contribution < -0.4 is 15.8 Å². The van der Waals surface area contributed by atoms with Gasteiger partial charge in [-0.05, 0) is 37.8 Å². The third-order valence-electron chi connectivity index (χ3n) is 4.98. The summed E-state index contributed by atoms with van der Waals surface area (Å²) < 4.78 is 5.13. The molecule has 1 fully saturated rings. The molecular weight excluding hydrogens is 372 g/mol. The number of ether oxygens (including phenoxy) is 1. The lowest BCUT2D eigenvalue weighted by Crippen LogP contribution is -2.35. The summed E-state index contributed by atoms with van der Waals surface area (Å²) in [6.45, 7) is 5.87. The average molecular weight is 398 g/mol. The van der Waals surface area contributed by atoms with Gasteiger partial charge in [-0.2, -0.15) is 15.0 Å². The first-order valence-corrected chi connectivity index (χ1v) is 9.53. The Labute approximate surface area is 170 Å². The first kappa shape index (κ1) is 18.9. The van der Waals surface area contributed by atoms with Gasteiger partial charge in [-0.25, -0.2) is 9.69 Å². The van der Waals surface area contributed by atoms with Crippen LogP contribution >= 0.6 is 0 Å². The number of aryl methyl sites for hydroxylation is 1. The average Bonchev–Trinajstić information content (AvgIpc) is 3.07. The summed E-state index contributed by atoms with van der Waals surface area (Å²) in [5.41, 5.74) is 1.17. The quantitative estimate of drug-likeness (QED) is 0.677. The van der Waals surface area contributed by atoms with E-state index in [0.29, 0.717) is 23.9 Å². The number of aromatic nitrogens is 4. The third kappa shape index (κ3) is 3.63. The van der Waals surface area contributed by atoms with Gasteiger partial charge >= 0.3 is 6.09 Å². The van der Waals surface area contributed by atoms with Crippen molar-refractivity contribution in [3.63, 3.8) is 0 Å². The number of amides is 1. The molecule has 2 N–H and O–H groups in total. The lowest BCUT2D eigenvalue weighted by molar-refractivity contribution is 0.178. The molecule has 4 rings (SSSR count). The molecule has 0 spiro atoms. The Morgan fingerprint density at radius 2 is 2.10 bits per heavy atom. The van der Waals surface area contributed by atoms with Gasteiger partial charge in [-0.15, -0.1) is 0 Å². The summed E-state index contributed by atoms with van der Waals surface area (Å²) in [6, 6.07) is 8.98. The Balaban J connectivity index is 0.00000171. The fourth-order valence-electron chi connectivity index (χ4n) is 3.40. The Morgan fingerprint density at radius 3 is 2.90 bits per heavy atom. The van der Waals surface area contributed by atoms with Crippen LogP contribution in [0, 0.1) is 6.92 Å². The molecule has 0 aliphatic carbocycles. The van der Waals surface area contributed by atoms with Crippen LogP contribution in [0.15, 0.2) is 35.1 Å². The highest BCUT2D eigenvalue weighted by atomic mass is 16.6. The lowest BCUT2D eigenvalue weighted by atomic mass is 10.1. The van der Waals surface area contributed by atoms with Crippen molar-refractivity contribution in [2.75, 3.05) is 16.8 Å². The maximum Gasteiger partial charge on any atom is 0.417 e. The van der Waals surface area contributed by atoms with E-state index in [-0.39, 0.29) is 26.4 Å². The third-order valence-corrected chi connectivity index (χ3v) is 4.98. The predicted octanol–water partition coefficient (Wildman–Crippen LogP) is 3.42. The zero-order valence-corrected chi connectivity index (χ0v) is 16.5. The number of cyclic esters (lactones) is 1. The van der Waals surface area contributed by atoms with E-state index < -0.39 is 6.09 Å². The molecule has 0 unspecified atom stereocenters. The highest BCUT2D eigenvalue weighted by molar-refractivity contribution is 5.88. The summed E-state index contributed by atoms with van der Waals surface area (Å²) >= 11 is 0. The monoisotopic (exact) mass is 398 g/mol. The minimum absolute atomic E-state index is 0. The molecule has 2 atom stereocenters. The molecule has 0 radical (unpaired) electrons. The van der Waals surface area contributed by atoms with Crippen molar-refractivity contribution >= 4 is 28.9 Å². The van der Waals surface area contributed by atoms with Crippen molar-refractivity contribution in [1.29, 1.82) is 0 Å². The van der Waals surface area contributed by atoms with Gasteiger partial charge in [-0.1, -0.05) is 25.1 Å². The van der Waals surface area contributed by atoms with Gasteiger partial charge in [0.25, 0.3) is 5.56 Å². The summed E-state index contributed by atoms with van der Waals surface area (Å²) in [4.78, 5) is 42.0. The minimum Gasteiger partial charge on any atom is -0.447 e. The number of carbonyl (C=O) groups is 1. The number of rotatable bonds is 5. The number of hydrogen-bond donors (Lipinski definition) is 2. The van der Waals surface area contributed by atoms with Crippen molar-refractivity contribution in [3.8, 4) is 0 Å². The molecule has 154 valence electrons. The van der Waals surface area contributed by atoms with Crippen LogP contribution in [-0.4, -0.2) is 38.7 Å². The van der Waals surface area contributed by atoms with Crippen LogP contribution in [-0.2, 0) is 4.74 Å². The van der Waals surface area contributed by atoms with E-state index in [2.05, 4.69) is 25.3 Å². The molecule has 3 heterocycles. The zero-order valence-electron chi connectivity index (χ0n) is 16.5. The number of para-hydroxylation sites is 1. The second-order valence-corrected chi connectivity index (χ2v) is 7.02. The smallest absolute Gasteiger partial charge is 0.417 e. The van der Waals surface area contributed by atoms with E-state index in [1.165, 1.54) is 4.90 Å². The maximum absolute atomic E-state index is 12.5. The molecule has 1 amide bonds. The number of pyridine rings is 1. The van der Waals surface area contributed by atoms with Crippen LogP contribution in [0.1, 0.15) is 40.6 Å². The molecule has 1 aliphatic heterocycles. The van der Waals surface area contributed by atoms with Crippen LogP contribution in [0.5, 0.6) is 0 Å². The number of hydrogen-bond acceptors (Lipinski definition) is 7. The first-order valence-electron chi connectivity index (χ1n) is 9.53. The number of carbonyl (C=O) groups excluding carboxylic acids is 1. The van der Waals surface area contributed by atoms with Gasteiger partial charge in [0.15, 0.2) is 0 Å². The van der Waals surface area contributed by atoms with Crippen molar-refractivity contribution in [3.05, 3.63) is 52.1 Å². The topological polar surface area (TPSA) is 113 Å². The summed E-state index contributed by atoms with van der Waals surface area (Å²) in [5.74, 6) is 1.00. The molecule has 29 heavy (non-hydrogen) atoms. The SMILES string of the molecule is CC[C@H]1COC(=O)N1c1nc(C)nc(N[C@H](C)c2cc3ccccc3[nH]c2=O)n1.[HH].[HH]. The molecule has 1 aliphatic rings. The normalized spacial score (nSPS) is 17.4. The van der Waals surface area contributed by atoms with Gasteiger partial charge in [-0.3, -0.25) is 4.79 Å². The fraction of sp³-hybridized carbons (Fsp3) is 0.350. The molecular formula is C20H26N6O3. The van der Waals surface area contributed by atoms with E-state index >= 15 is 0 Å². The van der Waals surface area contributed by atoms with Gasteiger partial charge in [0.1, 0.15) is 12.4 Å². The van der Waals surface area contributed by atoms with Crippen LogP contribution in [0.3, 0.4) is 0 Å². The molecule has 1 aromatic carbocycles. The van der Waals surface area contributed by atoms with E-state index in [1.807, 2.05) is 44.2 Å². The molecule has 9 heteroatoms. The number of fused-ring (bicyclic) bond motifs is 1. The zero-order chi connectivity index (χ0) is 20.5. The predicted molar refractivity (Wildman–Crippen MR) is 113 cm³/mol. The van der Waals surface area contributed by atoms with Gasteiger partial charge in [0.2, 0.25) is 11.9 Å². The molecule has 0 bridgehead atoms. The minimum atomic E-state index is -0.465. The highest BCUT2D eigenvalue weighted by Crippen LogP contribution is 2.23. The largest absolute Gasteiger partial charge is 0.447 e. The van der Waals surface area contributed by atoms with Crippen LogP contribution in [0.25, 0.3) is 10.9 Å². The second-order valence-electron chi connectivity index (χ2n) is 7.02. The van der Waals surface area contributed by atoms with Crippen molar-refractivity contribution < 1.29 is 12.4 Å². The van der Waals surface area contributed by atoms with E-state index in [1.54, 1.807) is 6.92 Å². The molecule has 2 aromatic heterocycles. The van der Waals surface area contributed by atoms with E-state index in [9.17, 15) is 9.59 Å². The van der Waals surface area contributed by atoms with Crippen molar-refractivity contribution in [1.82, 2.24) is 19.9 Å². The number of nitrogens with zero attached hydrogens (tertiary/aromatic N) is 4. The number of H-pyrrole nitrogens is 1.